The van der Waals surface area contributed by atoms with E-state index in [4.69, 9.17) is 0 Å². The van der Waals surface area contributed by atoms with Crippen molar-refractivity contribution in [2.24, 2.45) is 5.92 Å². The van der Waals surface area contributed by atoms with Crippen molar-refractivity contribution in [1.29, 1.82) is 0 Å². The van der Waals surface area contributed by atoms with Crippen LogP contribution in [0.15, 0.2) is 0 Å². The van der Waals surface area contributed by atoms with E-state index in [2.05, 4.69) is 16.7 Å². The lowest BCUT2D eigenvalue weighted by atomic mass is 9.91. The highest BCUT2D eigenvalue weighted by atomic mass is 16.5. The Hall–Kier alpha value is -0.570. The second kappa shape index (κ2) is 4.61. The Labute approximate surface area is 80.1 Å². The first-order valence-corrected chi connectivity index (χ1v) is 4.93. The zero-order valence-corrected chi connectivity index (χ0v) is 8.75. The van der Waals surface area contributed by atoms with Crippen molar-refractivity contribution in [2.75, 3.05) is 20.7 Å². The van der Waals surface area contributed by atoms with Crippen LogP contribution in [0.3, 0.4) is 0 Å². The predicted molar refractivity (Wildman–Crippen MR) is 51.4 cm³/mol. The van der Waals surface area contributed by atoms with Crippen LogP contribution in [0.2, 0.25) is 0 Å². The molecule has 0 bridgehead atoms. The van der Waals surface area contributed by atoms with Gasteiger partial charge in [-0.05, 0) is 19.9 Å². The summed E-state index contributed by atoms with van der Waals surface area (Å²) in [5.74, 6) is -0.109. The molecule has 0 aromatic carbocycles. The molecule has 1 saturated carbocycles. The summed E-state index contributed by atoms with van der Waals surface area (Å²) in [5.41, 5.74) is 0. The van der Waals surface area contributed by atoms with Crippen LogP contribution < -0.4 is 0 Å². The van der Waals surface area contributed by atoms with E-state index in [-0.39, 0.29) is 11.9 Å². The second-order valence-electron chi connectivity index (χ2n) is 3.95. The van der Waals surface area contributed by atoms with Gasteiger partial charge in [0.05, 0.1) is 13.0 Å². The molecule has 1 rings (SSSR count). The van der Waals surface area contributed by atoms with Gasteiger partial charge in [-0.25, -0.2) is 0 Å². The third kappa shape index (κ3) is 2.69. The first kappa shape index (κ1) is 10.5. The Morgan fingerprint density at radius 1 is 1.62 bits per heavy atom. The van der Waals surface area contributed by atoms with Crippen LogP contribution in [0.5, 0.6) is 0 Å². The number of ether oxygens (including phenoxy) is 1. The maximum Gasteiger partial charge on any atom is 0.309 e. The van der Waals surface area contributed by atoms with Gasteiger partial charge in [-0.2, -0.15) is 0 Å². The third-order valence-electron chi connectivity index (χ3n) is 2.86. The van der Waals surface area contributed by atoms with E-state index in [0.29, 0.717) is 6.04 Å². The number of nitrogens with zero attached hydrogens (tertiary/aromatic N) is 1. The summed E-state index contributed by atoms with van der Waals surface area (Å²) in [7, 11) is 3.53. The summed E-state index contributed by atoms with van der Waals surface area (Å²) in [5, 5.41) is 0. The molecule has 76 valence electrons. The summed E-state index contributed by atoms with van der Waals surface area (Å²) in [6, 6.07) is 0.701. The van der Waals surface area contributed by atoms with Crippen LogP contribution in [0.25, 0.3) is 0 Å². The van der Waals surface area contributed by atoms with Crippen molar-refractivity contribution in [1.82, 2.24) is 4.90 Å². The van der Waals surface area contributed by atoms with Crippen LogP contribution in [-0.2, 0) is 9.53 Å². The van der Waals surface area contributed by atoms with Gasteiger partial charge in [-0.3, -0.25) is 4.79 Å². The molecule has 0 aromatic rings. The van der Waals surface area contributed by atoms with Crippen molar-refractivity contribution >= 4 is 5.97 Å². The molecule has 1 fully saturated rings. The Kier molecular flexibility index (Phi) is 3.72. The maximum absolute atomic E-state index is 11.1. The van der Waals surface area contributed by atoms with Gasteiger partial charge in [0.15, 0.2) is 0 Å². The number of rotatable bonds is 4. The number of carbonyl (C=O) groups excluding carboxylic acids is 1. The standard InChI is InChI=1S/C10H19NO2/c1-8(10(12)13-3)7-11(2)9-5-4-6-9/h8-9H,4-7H2,1-3H3. The normalized spacial score (nSPS) is 19.7. The smallest absolute Gasteiger partial charge is 0.309 e. The van der Waals surface area contributed by atoms with Crippen molar-refractivity contribution in [3.63, 3.8) is 0 Å². The molecule has 13 heavy (non-hydrogen) atoms. The molecule has 1 aliphatic carbocycles. The van der Waals surface area contributed by atoms with Crippen LogP contribution in [0.4, 0.5) is 0 Å². The fourth-order valence-corrected chi connectivity index (χ4v) is 1.68. The van der Waals surface area contributed by atoms with E-state index >= 15 is 0 Å². The van der Waals surface area contributed by atoms with E-state index in [1.807, 2.05) is 6.92 Å². The number of methoxy groups -OCH3 is 1. The summed E-state index contributed by atoms with van der Waals surface area (Å²) >= 11 is 0. The SMILES string of the molecule is COC(=O)C(C)CN(C)C1CCC1. The molecule has 1 atom stereocenters. The fraction of sp³-hybridized carbons (Fsp3) is 0.900. The lowest BCUT2D eigenvalue weighted by Gasteiger charge is -2.35. The van der Waals surface area contributed by atoms with E-state index in [9.17, 15) is 4.79 Å². The topological polar surface area (TPSA) is 29.5 Å². The maximum atomic E-state index is 11.1. The van der Waals surface area contributed by atoms with Crippen LogP contribution in [0.1, 0.15) is 26.2 Å². The minimum absolute atomic E-state index is 0.00407. The molecule has 3 nitrogen and oxygen atoms in total. The summed E-state index contributed by atoms with van der Waals surface area (Å²) in [6.07, 6.45) is 3.90. The fourth-order valence-electron chi connectivity index (χ4n) is 1.68. The molecule has 0 aliphatic heterocycles. The lowest BCUT2D eigenvalue weighted by molar-refractivity contribution is -0.145. The molecule has 0 amide bonds. The number of hydrogen-bond donors (Lipinski definition) is 0. The zero-order chi connectivity index (χ0) is 9.84. The molecule has 0 radical (unpaired) electrons. The monoisotopic (exact) mass is 185 g/mol. The largest absolute Gasteiger partial charge is 0.469 e. The average Bonchev–Trinajstić information content (AvgIpc) is 1.99. The Balaban J connectivity index is 2.25. The highest BCUT2D eigenvalue weighted by Crippen LogP contribution is 2.24. The predicted octanol–water partition coefficient (Wildman–Crippen LogP) is 1.28. The van der Waals surface area contributed by atoms with Gasteiger partial charge < -0.3 is 9.64 Å². The molecular weight excluding hydrogens is 166 g/mol. The number of hydrogen-bond acceptors (Lipinski definition) is 3. The molecule has 0 saturated heterocycles. The van der Waals surface area contributed by atoms with Gasteiger partial charge in [0.25, 0.3) is 0 Å². The van der Waals surface area contributed by atoms with E-state index in [0.717, 1.165) is 6.54 Å². The minimum Gasteiger partial charge on any atom is -0.469 e. The van der Waals surface area contributed by atoms with Gasteiger partial charge in [-0.15, -0.1) is 0 Å². The molecular formula is C10H19NO2. The Morgan fingerprint density at radius 2 is 2.23 bits per heavy atom. The number of esters is 1. The zero-order valence-electron chi connectivity index (χ0n) is 8.75. The Bertz CT molecular complexity index is 178. The van der Waals surface area contributed by atoms with Crippen molar-refractivity contribution in [2.45, 2.75) is 32.2 Å². The molecule has 1 aliphatic rings. The van der Waals surface area contributed by atoms with E-state index in [1.165, 1.54) is 26.4 Å². The summed E-state index contributed by atoms with van der Waals surface area (Å²) in [4.78, 5) is 13.4. The average molecular weight is 185 g/mol. The second-order valence-corrected chi connectivity index (χ2v) is 3.95. The Morgan fingerprint density at radius 3 is 2.62 bits per heavy atom. The third-order valence-corrected chi connectivity index (χ3v) is 2.86. The van der Waals surface area contributed by atoms with Gasteiger partial charge in [0.1, 0.15) is 0 Å². The van der Waals surface area contributed by atoms with Crippen LogP contribution in [-0.4, -0.2) is 37.6 Å². The molecule has 0 aromatic heterocycles. The van der Waals surface area contributed by atoms with E-state index < -0.39 is 0 Å². The highest BCUT2D eigenvalue weighted by Gasteiger charge is 2.25. The van der Waals surface area contributed by atoms with Gasteiger partial charge >= 0.3 is 5.97 Å². The lowest BCUT2D eigenvalue weighted by Crippen LogP contribution is -2.41. The van der Waals surface area contributed by atoms with Gasteiger partial charge in [-0.1, -0.05) is 13.3 Å². The van der Waals surface area contributed by atoms with Crippen molar-refractivity contribution in [3.05, 3.63) is 0 Å². The van der Waals surface area contributed by atoms with E-state index in [1.54, 1.807) is 0 Å². The van der Waals surface area contributed by atoms with Crippen molar-refractivity contribution < 1.29 is 9.53 Å². The molecule has 0 heterocycles. The summed E-state index contributed by atoms with van der Waals surface area (Å²) < 4.78 is 4.68. The van der Waals surface area contributed by atoms with Crippen molar-refractivity contribution in [3.8, 4) is 0 Å². The molecule has 3 heteroatoms. The van der Waals surface area contributed by atoms with Crippen LogP contribution in [0, 0.1) is 5.92 Å². The molecule has 0 N–H and O–H groups in total. The summed E-state index contributed by atoms with van der Waals surface area (Å²) in [6.45, 7) is 2.73. The van der Waals surface area contributed by atoms with Gasteiger partial charge in [0, 0.05) is 12.6 Å². The molecule has 1 unspecified atom stereocenters. The number of carbonyl (C=O) groups is 1. The highest BCUT2D eigenvalue weighted by molar-refractivity contribution is 5.72. The van der Waals surface area contributed by atoms with Gasteiger partial charge in [0.2, 0.25) is 0 Å². The first-order chi connectivity index (χ1) is 6.15. The minimum atomic E-state index is -0.105. The quantitative estimate of drug-likeness (QED) is 0.618. The molecule has 0 spiro atoms. The van der Waals surface area contributed by atoms with Crippen LogP contribution >= 0.6 is 0 Å². The first-order valence-electron chi connectivity index (χ1n) is 4.93.